The van der Waals surface area contributed by atoms with Crippen molar-refractivity contribution in [2.45, 2.75) is 26.4 Å². The third-order valence-electron chi connectivity index (χ3n) is 3.88. The Balaban J connectivity index is 1.94. The molecule has 5 heteroatoms. The summed E-state index contributed by atoms with van der Waals surface area (Å²) in [5.41, 5.74) is 0.941. The van der Waals surface area contributed by atoms with Crippen molar-refractivity contribution in [1.82, 2.24) is 10.2 Å². The van der Waals surface area contributed by atoms with E-state index in [-0.39, 0.29) is 5.91 Å². The molecule has 1 aliphatic heterocycles. The molecule has 1 N–H and O–H groups in total. The van der Waals surface area contributed by atoms with Crippen LogP contribution in [-0.2, 0) is 4.79 Å². The van der Waals surface area contributed by atoms with Crippen molar-refractivity contribution >= 4 is 17.5 Å². The van der Waals surface area contributed by atoms with Gasteiger partial charge in [0.1, 0.15) is 5.75 Å². The molecule has 1 amide bonds. The Morgan fingerprint density at radius 2 is 2.33 bits per heavy atom. The largest absolute Gasteiger partial charge is 0.481 e. The van der Waals surface area contributed by atoms with E-state index in [1.807, 2.05) is 37.9 Å². The average Bonchev–Trinajstić information content (AvgIpc) is 2.90. The Morgan fingerprint density at radius 1 is 1.57 bits per heavy atom. The molecule has 21 heavy (non-hydrogen) atoms. The zero-order valence-electron chi connectivity index (χ0n) is 12.9. The van der Waals surface area contributed by atoms with Crippen LogP contribution in [0.2, 0.25) is 5.02 Å². The summed E-state index contributed by atoms with van der Waals surface area (Å²) in [5, 5.41) is 3.84. The summed E-state index contributed by atoms with van der Waals surface area (Å²) in [6.07, 6.45) is 0.581. The molecule has 0 aromatic heterocycles. The van der Waals surface area contributed by atoms with Crippen LogP contribution in [0, 0.1) is 12.8 Å². The van der Waals surface area contributed by atoms with Gasteiger partial charge >= 0.3 is 0 Å². The second kappa shape index (κ2) is 7.14. The average molecular weight is 311 g/mol. The lowest BCUT2D eigenvalue weighted by Gasteiger charge is -2.22. The standard InChI is InChI=1S/C16H23ClN2O2/c1-11-8-14(17)4-5-15(11)21-12(2)16(20)19-7-6-13(10-19)9-18-3/h4-5,8,12-13,18H,6-7,9-10H2,1-3H3/t12-,13-/m0/s1. The number of nitrogens with one attached hydrogen (secondary N) is 1. The highest BCUT2D eigenvalue weighted by Crippen LogP contribution is 2.24. The number of likely N-dealkylation sites (tertiary alicyclic amines) is 1. The van der Waals surface area contributed by atoms with E-state index in [9.17, 15) is 4.79 Å². The number of hydrogen-bond acceptors (Lipinski definition) is 3. The maximum Gasteiger partial charge on any atom is 0.263 e. The Labute approximate surface area is 131 Å². The topological polar surface area (TPSA) is 41.6 Å². The number of nitrogens with zero attached hydrogens (tertiary/aromatic N) is 1. The molecule has 1 fully saturated rings. The number of carbonyl (C=O) groups is 1. The van der Waals surface area contributed by atoms with E-state index in [1.54, 1.807) is 6.07 Å². The quantitative estimate of drug-likeness (QED) is 0.908. The highest BCUT2D eigenvalue weighted by atomic mass is 35.5. The minimum Gasteiger partial charge on any atom is -0.481 e. The summed E-state index contributed by atoms with van der Waals surface area (Å²) in [6.45, 7) is 6.32. The highest BCUT2D eigenvalue weighted by molar-refractivity contribution is 6.30. The summed E-state index contributed by atoms with van der Waals surface area (Å²) in [4.78, 5) is 14.3. The first-order valence-electron chi connectivity index (χ1n) is 7.37. The number of hydrogen-bond donors (Lipinski definition) is 1. The van der Waals surface area contributed by atoms with Gasteiger partial charge in [0.25, 0.3) is 5.91 Å². The molecule has 0 saturated carbocycles. The van der Waals surface area contributed by atoms with Crippen LogP contribution in [0.5, 0.6) is 5.75 Å². The summed E-state index contributed by atoms with van der Waals surface area (Å²) < 4.78 is 5.80. The molecule has 0 bridgehead atoms. The van der Waals surface area contributed by atoms with Gasteiger partial charge in [-0.3, -0.25) is 4.79 Å². The maximum atomic E-state index is 12.4. The zero-order valence-corrected chi connectivity index (χ0v) is 13.6. The number of carbonyl (C=O) groups excluding carboxylic acids is 1. The predicted molar refractivity (Wildman–Crippen MR) is 84.9 cm³/mol. The lowest BCUT2D eigenvalue weighted by atomic mass is 10.1. The van der Waals surface area contributed by atoms with E-state index in [4.69, 9.17) is 16.3 Å². The summed E-state index contributed by atoms with van der Waals surface area (Å²) >= 11 is 5.93. The van der Waals surface area contributed by atoms with Crippen LogP contribution in [0.1, 0.15) is 18.9 Å². The minimum absolute atomic E-state index is 0.0583. The van der Waals surface area contributed by atoms with Crippen LogP contribution in [-0.4, -0.2) is 43.6 Å². The number of ether oxygens (including phenoxy) is 1. The zero-order chi connectivity index (χ0) is 15.4. The molecule has 1 aliphatic rings. The number of benzene rings is 1. The molecule has 1 aromatic carbocycles. The number of aryl methyl sites for hydroxylation is 1. The Hall–Kier alpha value is -1.26. The normalized spacial score (nSPS) is 19.6. The molecule has 116 valence electrons. The van der Waals surface area contributed by atoms with Gasteiger partial charge in [-0.15, -0.1) is 0 Å². The lowest BCUT2D eigenvalue weighted by molar-refractivity contribution is -0.137. The van der Waals surface area contributed by atoms with Crippen LogP contribution in [0.3, 0.4) is 0 Å². The van der Waals surface area contributed by atoms with Crippen molar-refractivity contribution in [2.75, 3.05) is 26.7 Å². The van der Waals surface area contributed by atoms with E-state index in [0.717, 1.165) is 31.6 Å². The van der Waals surface area contributed by atoms with Crippen molar-refractivity contribution in [1.29, 1.82) is 0 Å². The molecule has 1 aromatic rings. The first-order valence-corrected chi connectivity index (χ1v) is 7.75. The Bertz CT molecular complexity index is 507. The van der Waals surface area contributed by atoms with Gasteiger partial charge < -0.3 is 15.0 Å². The number of rotatable bonds is 5. The molecule has 0 unspecified atom stereocenters. The van der Waals surface area contributed by atoms with Crippen LogP contribution in [0.4, 0.5) is 0 Å². The minimum atomic E-state index is -0.474. The Morgan fingerprint density at radius 3 is 3.00 bits per heavy atom. The fourth-order valence-electron chi connectivity index (χ4n) is 2.73. The first-order chi connectivity index (χ1) is 10.0. The van der Waals surface area contributed by atoms with Gasteiger partial charge in [-0.2, -0.15) is 0 Å². The van der Waals surface area contributed by atoms with Crippen LogP contribution < -0.4 is 10.1 Å². The molecule has 4 nitrogen and oxygen atoms in total. The van der Waals surface area contributed by atoms with Crippen molar-refractivity contribution < 1.29 is 9.53 Å². The van der Waals surface area contributed by atoms with Crippen LogP contribution >= 0.6 is 11.6 Å². The second-order valence-corrected chi connectivity index (χ2v) is 6.10. The molecule has 0 spiro atoms. The molecular formula is C16H23ClN2O2. The smallest absolute Gasteiger partial charge is 0.263 e. The SMILES string of the molecule is CNC[C@@H]1CCN(C(=O)[C@H](C)Oc2ccc(Cl)cc2C)C1. The molecular weight excluding hydrogens is 288 g/mol. The van der Waals surface area contributed by atoms with E-state index in [1.165, 1.54) is 0 Å². The van der Waals surface area contributed by atoms with Gasteiger partial charge in [0.15, 0.2) is 6.10 Å². The van der Waals surface area contributed by atoms with E-state index < -0.39 is 6.10 Å². The van der Waals surface area contributed by atoms with Gasteiger partial charge in [-0.05, 0) is 63.5 Å². The lowest BCUT2D eigenvalue weighted by Crippen LogP contribution is -2.39. The number of halogens is 1. The first kappa shape index (κ1) is 16.1. The van der Waals surface area contributed by atoms with E-state index in [2.05, 4.69) is 5.32 Å². The Kier molecular flexibility index (Phi) is 5.48. The fourth-order valence-corrected chi connectivity index (χ4v) is 2.96. The molecule has 0 radical (unpaired) electrons. The van der Waals surface area contributed by atoms with Crippen molar-refractivity contribution in [3.8, 4) is 5.75 Å². The predicted octanol–water partition coefficient (Wildman–Crippen LogP) is 2.48. The summed E-state index contributed by atoms with van der Waals surface area (Å²) in [6, 6.07) is 5.43. The molecule has 2 atom stereocenters. The fraction of sp³-hybridized carbons (Fsp3) is 0.562. The third-order valence-corrected chi connectivity index (χ3v) is 4.11. The monoisotopic (exact) mass is 310 g/mol. The van der Waals surface area contributed by atoms with Crippen LogP contribution in [0.15, 0.2) is 18.2 Å². The van der Waals surface area contributed by atoms with Crippen molar-refractivity contribution in [3.63, 3.8) is 0 Å². The molecule has 1 saturated heterocycles. The summed E-state index contributed by atoms with van der Waals surface area (Å²) in [7, 11) is 1.94. The highest BCUT2D eigenvalue weighted by Gasteiger charge is 2.29. The van der Waals surface area contributed by atoms with Crippen molar-refractivity contribution in [2.24, 2.45) is 5.92 Å². The van der Waals surface area contributed by atoms with E-state index in [0.29, 0.717) is 16.7 Å². The summed E-state index contributed by atoms with van der Waals surface area (Å²) in [5.74, 6) is 1.32. The molecule has 1 heterocycles. The second-order valence-electron chi connectivity index (χ2n) is 5.67. The van der Waals surface area contributed by atoms with Gasteiger partial charge in [-0.25, -0.2) is 0 Å². The van der Waals surface area contributed by atoms with Gasteiger partial charge in [0.2, 0.25) is 0 Å². The van der Waals surface area contributed by atoms with Gasteiger partial charge in [0.05, 0.1) is 0 Å². The van der Waals surface area contributed by atoms with E-state index >= 15 is 0 Å². The van der Waals surface area contributed by atoms with Gasteiger partial charge in [-0.1, -0.05) is 11.6 Å². The van der Waals surface area contributed by atoms with Crippen LogP contribution in [0.25, 0.3) is 0 Å². The van der Waals surface area contributed by atoms with Crippen molar-refractivity contribution in [3.05, 3.63) is 28.8 Å². The molecule has 2 rings (SSSR count). The third kappa shape index (κ3) is 4.11. The number of amides is 1. The molecule has 0 aliphatic carbocycles. The maximum absolute atomic E-state index is 12.4. The van der Waals surface area contributed by atoms with Gasteiger partial charge in [0, 0.05) is 18.1 Å².